The van der Waals surface area contributed by atoms with E-state index in [-0.39, 0.29) is 29.0 Å². The number of sulfonamides is 1. The lowest BCUT2D eigenvalue weighted by atomic mass is 10.2. The van der Waals surface area contributed by atoms with Gasteiger partial charge in [-0.2, -0.15) is 0 Å². The van der Waals surface area contributed by atoms with E-state index >= 15 is 0 Å². The molecule has 1 fully saturated rings. The maximum Gasteiger partial charge on any atom is 0.264 e. The van der Waals surface area contributed by atoms with Crippen molar-refractivity contribution in [3.8, 4) is 5.75 Å². The summed E-state index contributed by atoms with van der Waals surface area (Å²) in [7, 11) is -2.41. The zero-order valence-electron chi connectivity index (χ0n) is 19.0. The van der Waals surface area contributed by atoms with E-state index < -0.39 is 10.0 Å². The van der Waals surface area contributed by atoms with Crippen molar-refractivity contribution in [3.63, 3.8) is 0 Å². The van der Waals surface area contributed by atoms with Crippen molar-refractivity contribution in [2.45, 2.75) is 30.4 Å². The van der Waals surface area contributed by atoms with Crippen molar-refractivity contribution in [2.24, 2.45) is 0 Å². The molecular formula is C26H28N2O5S. The lowest BCUT2D eigenvalue weighted by Crippen LogP contribution is -2.32. The number of anilines is 1. The van der Waals surface area contributed by atoms with Crippen LogP contribution in [0.4, 0.5) is 5.69 Å². The average molecular weight is 481 g/mol. The van der Waals surface area contributed by atoms with E-state index in [2.05, 4.69) is 5.32 Å². The highest BCUT2D eigenvalue weighted by atomic mass is 32.2. The Morgan fingerprint density at radius 3 is 2.50 bits per heavy atom. The third kappa shape index (κ3) is 5.58. The third-order valence-corrected chi connectivity index (χ3v) is 7.50. The minimum atomic E-state index is -3.97. The molecule has 1 aliphatic heterocycles. The van der Waals surface area contributed by atoms with Gasteiger partial charge in [-0.15, -0.1) is 0 Å². The molecule has 0 saturated carbocycles. The molecule has 178 valence electrons. The molecule has 4 rings (SSSR count). The molecule has 34 heavy (non-hydrogen) atoms. The molecular weight excluding hydrogens is 452 g/mol. The number of hydrogen-bond donors (Lipinski definition) is 1. The van der Waals surface area contributed by atoms with Gasteiger partial charge in [-0.05, 0) is 60.9 Å². The highest BCUT2D eigenvalue weighted by molar-refractivity contribution is 7.92. The fourth-order valence-electron chi connectivity index (χ4n) is 3.85. The summed E-state index contributed by atoms with van der Waals surface area (Å²) >= 11 is 0. The number of ether oxygens (including phenoxy) is 2. The molecule has 0 unspecified atom stereocenters. The van der Waals surface area contributed by atoms with E-state index in [9.17, 15) is 13.2 Å². The number of rotatable bonds is 9. The SMILES string of the molecule is COc1ccc(N(Cc2ccccc2)S(=O)(=O)c2cccc(C(=O)NC[C@H]3CCCO3)c2)cc1. The van der Waals surface area contributed by atoms with Crippen LogP contribution in [0.1, 0.15) is 28.8 Å². The first-order valence-electron chi connectivity index (χ1n) is 11.2. The second-order valence-corrected chi connectivity index (χ2v) is 9.93. The van der Waals surface area contributed by atoms with Crippen LogP contribution >= 0.6 is 0 Å². The monoisotopic (exact) mass is 480 g/mol. The molecule has 8 heteroatoms. The van der Waals surface area contributed by atoms with E-state index in [1.54, 1.807) is 43.5 Å². The molecule has 3 aromatic rings. The van der Waals surface area contributed by atoms with E-state index in [0.29, 0.717) is 24.6 Å². The minimum absolute atomic E-state index is 0.00676. The van der Waals surface area contributed by atoms with Crippen LogP contribution in [0.5, 0.6) is 5.75 Å². The van der Waals surface area contributed by atoms with Crippen molar-refractivity contribution in [1.29, 1.82) is 0 Å². The second-order valence-electron chi connectivity index (χ2n) is 8.07. The lowest BCUT2D eigenvalue weighted by Gasteiger charge is -2.25. The lowest BCUT2D eigenvalue weighted by molar-refractivity contribution is 0.0857. The molecule has 1 aliphatic rings. The number of carbonyl (C=O) groups is 1. The highest BCUT2D eigenvalue weighted by Gasteiger charge is 2.26. The van der Waals surface area contributed by atoms with Gasteiger partial charge in [0.25, 0.3) is 15.9 Å². The molecule has 1 saturated heterocycles. The van der Waals surface area contributed by atoms with Gasteiger partial charge in [0.05, 0.1) is 30.3 Å². The number of carbonyl (C=O) groups excluding carboxylic acids is 1. The number of methoxy groups -OCH3 is 1. The molecule has 0 aromatic heterocycles. The zero-order valence-corrected chi connectivity index (χ0v) is 19.8. The van der Waals surface area contributed by atoms with Crippen molar-refractivity contribution >= 4 is 21.6 Å². The topological polar surface area (TPSA) is 84.9 Å². The van der Waals surface area contributed by atoms with Crippen molar-refractivity contribution < 1.29 is 22.7 Å². The molecule has 0 spiro atoms. The van der Waals surface area contributed by atoms with Gasteiger partial charge in [0.2, 0.25) is 0 Å². The Balaban J connectivity index is 1.62. The predicted octanol–water partition coefficient (Wildman–Crippen LogP) is 4.00. The molecule has 1 amide bonds. The van der Waals surface area contributed by atoms with Crippen LogP contribution in [0.2, 0.25) is 0 Å². The Kier molecular flexibility index (Phi) is 7.49. The number of nitrogens with zero attached hydrogens (tertiary/aromatic N) is 1. The highest BCUT2D eigenvalue weighted by Crippen LogP contribution is 2.28. The summed E-state index contributed by atoms with van der Waals surface area (Å²) in [5, 5.41) is 2.85. The molecule has 1 atom stereocenters. The molecule has 1 N–H and O–H groups in total. The van der Waals surface area contributed by atoms with Crippen molar-refractivity contribution in [2.75, 3.05) is 24.6 Å². The quantitative estimate of drug-likeness (QED) is 0.500. The Bertz CT molecular complexity index is 1210. The van der Waals surface area contributed by atoms with Gasteiger partial charge in [-0.1, -0.05) is 36.4 Å². The summed E-state index contributed by atoms with van der Waals surface area (Å²) in [6, 6.07) is 22.3. The standard InChI is InChI=1S/C26H28N2O5S/c1-32-23-14-12-22(13-15-23)28(19-20-7-3-2-4-8-20)34(30,31)25-11-5-9-21(17-25)26(29)27-18-24-10-6-16-33-24/h2-5,7-9,11-15,17,24H,6,10,16,18-19H2,1H3,(H,27,29)/t24-/m1/s1. The van der Waals surface area contributed by atoms with Crippen molar-refractivity contribution in [3.05, 3.63) is 90.0 Å². The molecule has 1 heterocycles. The number of benzene rings is 3. The van der Waals surface area contributed by atoms with E-state index in [0.717, 1.165) is 18.4 Å². The first-order chi connectivity index (χ1) is 16.5. The van der Waals surface area contributed by atoms with Gasteiger partial charge in [-0.25, -0.2) is 8.42 Å². The smallest absolute Gasteiger partial charge is 0.264 e. The second kappa shape index (κ2) is 10.7. The van der Waals surface area contributed by atoms with Crippen LogP contribution in [0.3, 0.4) is 0 Å². The number of hydrogen-bond acceptors (Lipinski definition) is 5. The minimum Gasteiger partial charge on any atom is -0.497 e. The maximum absolute atomic E-state index is 13.8. The first-order valence-corrected chi connectivity index (χ1v) is 12.6. The van der Waals surface area contributed by atoms with Gasteiger partial charge in [-0.3, -0.25) is 9.10 Å². The molecule has 7 nitrogen and oxygen atoms in total. The van der Waals surface area contributed by atoms with Crippen molar-refractivity contribution in [1.82, 2.24) is 5.32 Å². The van der Waals surface area contributed by atoms with E-state index in [1.807, 2.05) is 30.3 Å². The first kappa shape index (κ1) is 23.8. The summed E-state index contributed by atoms with van der Waals surface area (Å²) in [6.45, 7) is 1.25. The van der Waals surface area contributed by atoms with Crippen LogP contribution in [0, 0.1) is 0 Å². The third-order valence-electron chi connectivity index (χ3n) is 5.73. The fraction of sp³-hybridized carbons (Fsp3) is 0.269. The maximum atomic E-state index is 13.8. The molecule has 0 radical (unpaired) electrons. The van der Waals surface area contributed by atoms with Crippen LogP contribution in [-0.4, -0.2) is 40.7 Å². The van der Waals surface area contributed by atoms with Gasteiger partial charge in [0.1, 0.15) is 5.75 Å². The van der Waals surface area contributed by atoms with Crippen LogP contribution in [0.15, 0.2) is 83.8 Å². The van der Waals surface area contributed by atoms with Gasteiger partial charge in [0, 0.05) is 18.7 Å². The summed E-state index contributed by atoms with van der Waals surface area (Å²) < 4.78 is 39.7. The molecule has 0 aliphatic carbocycles. The van der Waals surface area contributed by atoms with E-state index in [1.165, 1.54) is 16.4 Å². The molecule has 3 aromatic carbocycles. The Morgan fingerprint density at radius 1 is 1.06 bits per heavy atom. The summed E-state index contributed by atoms with van der Waals surface area (Å²) in [5.41, 5.74) is 1.62. The summed E-state index contributed by atoms with van der Waals surface area (Å²) in [4.78, 5) is 12.7. The molecule has 0 bridgehead atoms. The predicted molar refractivity (Wildman–Crippen MR) is 131 cm³/mol. The van der Waals surface area contributed by atoms with Crippen LogP contribution in [-0.2, 0) is 21.3 Å². The fourth-order valence-corrected chi connectivity index (χ4v) is 5.35. The largest absolute Gasteiger partial charge is 0.497 e. The Labute approximate surface area is 200 Å². The van der Waals surface area contributed by atoms with Crippen LogP contribution < -0.4 is 14.4 Å². The zero-order chi connectivity index (χ0) is 24.0. The van der Waals surface area contributed by atoms with Gasteiger partial charge in [0.15, 0.2) is 0 Å². The normalized spacial score (nSPS) is 15.6. The summed E-state index contributed by atoms with van der Waals surface area (Å²) in [6.07, 6.45) is 1.90. The number of amides is 1. The van der Waals surface area contributed by atoms with Crippen LogP contribution in [0.25, 0.3) is 0 Å². The summed E-state index contributed by atoms with van der Waals surface area (Å²) in [5.74, 6) is 0.303. The average Bonchev–Trinajstić information content (AvgIpc) is 3.40. The van der Waals surface area contributed by atoms with Gasteiger partial charge >= 0.3 is 0 Å². The number of nitrogens with one attached hydrogen (secondary N) is 1. The van der Waals surface area contributed by atoms with E-state index in [4.69, 9.17) is 9.47 Å². The van der Waals surface area contributed by atoms with Gasteiger partial charge < -0.3 is 14.8 Å². The Hall–Kier alpha value is -3.36. The Morgan fingerprint density at radius 2 is 1.82 bits per heavy atom.